The Morgan fingerprint density at radius 1 is 1.36 bits per heavy atom. The monoisotopic (exact) mass is 149 g/mol. The van der Waals surface area contributed by atoms with E-state index in [1.165, 1.54) is 6.42 Å². The predicted octanol–water partition coefficient (Wildman–Crippen LogP) is 1.55. The third kappa shape index (κ3) is 0.506. The van der Waals surface area contributed by atoms with Gasteiger partial charge < -0.3 is 5.73 Å². The van der Waals surface area contributed by atoms with Crippen LogP contribution in [0.25, 0.3) is 0 Å². The smallest absolute Gasteiger partial charge is 0.0297 e. The largest absolute Gasteiger partial charge is 0.324 e. The van der Waals surface area contributed by atoms with E-state index in [1.807, 2.05) is 0 Å². The molecule has 0 amide bonds. The summed E-state index contributed by atoms with van der Waals surface area (Å²) in [6.45, 7) is 4.75. The molecule has 60 valence electrons. The summed E-state index contributed by atoms with van der Waals surface area (Å²) >= 11 is 0. The van der Waals surface area contributed by atoms with Crippen molar-refractivity contribution in [2.45, 2.75) is 26.3 Å². The fourth-order valence-corrected chi connectivity index (χ4v) is 3.55. The summed E-state index contributed by atoms with van der Waals surface area (Å²) in [7, 11) is 0. The minimum Gasteiger partial charge on any atom is -0.324 e. The van der Waals surface area contributed by atoms with Crippen LogP contribution in [0.1, 0.15) is 20.3 Å². The Bertz CT molecular complexity index is 254. The van der Waals surface area contributed by atoms with Crippen LogP contribution in [0.15, 0.2) is 11.1 Å². The Labute approximate surface area is 67.7 Å². The van der Waals surface area contributed by atoms with Gasteiger partial charge in [0.25, 0.3) is 0 Å². The van der Waals surface area contributed by atoms with E-state index in [1.54, 1.807) is 11.1 Å². The van der Waals surface area contributed by atoms with Gasteiger partial charge in [-0.15, -0.1) is 0 Å². The highest BCUT2D eigenvalue weighted by Gasteiger charge is 2.61. The molecule has 0 bridgehead atoms. The van der Waals surface area contributed by atoms with Gasteiger partial charge >= 0.3 is 0 Å². The van der Waals surface area contributed by atoms with Gasteiger partial charge in [-0.3, -0.25) is 0 Å². The third-order valence-corrected chi connectivity index (χ3v) is 4.13. The number of nitrogens with two attached hydrogens (primary N) is 1. The van der Waals surface area contributed by atoms with Crippen molar-refractivity contribution < 1.29 is 0 Å². The lowest BCUT2D eigenvalue weighted by molar-refractivity contribution is 0.499. The van der Waals surface area contributed by atoms with Gasteiger partial charge in [0, 0.05) is 6.04 Å². The zero-order valence-electron chi connectivity index (χ0n) is 7.17. The molecule has 3 rings (SSSR count). The van der Waals surface area contributed by atoms with Crippen molar-refractivity contribution in [3.05, 3.63) is 11.1 Å². The zero-order valence-corrected chi connectivity index (χ0v) is 7.17. The maximum Gasteiger partial charge on any atom is 0.0297 e. The minimum absolute atomic E-state index is 0.444. The van der Waals surface area contributed by atoms with Crippen molar-refractivity contribution in [3.63, 3.8) is 0 Å². The summed E-state index contributed by atoms with van der Waals surface area (Å²) in [5, 5.41) is 0. The van der Waals surface area contributed by atoms with Crippen LogP contribution in [0.4, 0.5) is 0 Å². The molecule has 0 aliphatic heterocycles. The fourth-order valence-electron chi connectivity index (χ4n) is 3.55. The van der Waals surface area contributed by atoms with Gasteiger partial charge in [-0.1, -0.05) is 25.0 Å². The maximum atomic E-state index is 5.92. The molecule has 11 heavy (non-hydrogen) atoms. The van der Waals surface area contributed by atoms with Crippen molar-refractivity contribution in [1.82, 2.24) is 0 Å². The van der Waals surface area contributed by atoms with E-state index in [9.17, 15) is 0 Å². The second kappa shape index (κ2) is 1.56. The Morgan fingerprint density at radius 2 is 2.09 bits per heavy atom. The van der Waals surface area contributed by atoms with Gasteiger partial charge in [0.2, 0.25) is 0 Å². The van der Waals surface area contributed by atoms with Crippen LogP contribution in [-0.2, 0) is 0 Å². The summed E-state index contributed by atoms with van der Waals surface area (Å²) in [4.78, 5) is 0. The second-order valence-electron chi connectivity index (χ2n) is 4.54. The van der Waals surface area contributed by atoms with Crippen LogP contribution >= 0.6 is 0 Å². The van der Waals surface area contributed by atoms with Crippen molar-refractivity contribution in [1.29, 1.82) is 0 Å². The highest BCUT2D eigenvalue weighted by atomic mass is 14.8. The fraction of sp³-hybridized carbons (Fsp3) is 0.800. The minimum atomic E-state index is 0.444. The second-order valence-corrected chi connectivity index (χ2v) is 4.54. The average molecular weight is 149 g/mol. The van der Waals surface area contributed by atoms with E-state index in [0.29, 0.717) is 6.04 Å². The number of hydrogen-bond donors (Lipinski definition) is 1. The standard InChI is InChI=1S/C10H15N/c1-4-8-5(2)10(8)6-3-7(11)9(4)6/h4-5,7-8,10H,3,11H2,1-2H3. The van der Waals surface area contributed by atoms with Crippen LogP contribution in [0.3, 0.4) is 0 Å². The van der Waals surface area contributed by atoms with E-state index in [-0.39, 0.29) is 0 Å². The summed E-state index contributed by atoms with van der Waals surface area (Å²) in [6, 6.07) is 0.444. The molecule has 1 saturated carbocycles. The molecule has 5 atom stereocenters. The summed E-state index contributed by atoms with van der Waals surface area (Å²) in [5.41, 5.74) is 9.31. The summed E-state index contributed by atoms with van der Waals surface area (Å²) in [5.74, 6) is 3.78. The van der Waals surface area contributed by atoms with E-state index in [4.69, 9.17) is 5.73 Å². The maximum absolute atomic E-state index is 5.92. The molecule has 3 aliphatic rings. The number of hydrogen-bond acceptors (Lipinski definition) is 1. The normalized spacial score (nSPS) is 58.6. The highest BCUT2D eigenvalue weighted by Crippen LogP contribution is 2.67. The van der Waals surface area contributed by atoms with Crippen LogP contribution in [0, 0.1) is 23.7 Å². The van der Waals surface area contributed by atoms with Gasteiger partial charge in [-0.05, 0) is 30.1 Å². The molecule has 0 aromatic heterocycles. The highest BCUT2D eigenvalue weighted by molar-refractivity contribution is 5.46. The molecule has 0 heterocycles. The van der Waals surface area contributed by atoms with E-state index in [0.717, 1.165) is 23.7 Å². The van der Waals surface area contributed by atoms with Gasteiger partial charge in [0.15, 0.2) is 0 Å². The third-order valence-electron chi connectivity index (χ3n) is 4.13. The molecule has 2 N–H and O–H groups in total. The lowest BCUT2D eigenvalue weighted by Gasteiger charge is -2.31. The van der Waals surface area contributed by atoms with Gasteiger partial charge in [0.05, 0.1) is 0 Å². The quantitative estimate of drug-likeness (QED) is 0.519. The summed E-state index contributed by atoms with van der Waals surface area (Å²) in [6.07, 6.45) is 1.21. The Hall–Kier alpha value is -0.300. The lowest BCUT2D eigenvalue weighted by Crippen LogP contribution is -2.34. The Balaban J connectivity index is 2.00. The molecular weight excluding hydrogens is 134 g/mol. The predicted molar refractivity (Wildman–Crippen MR) is 44.9 cm³/mol. The van der Waals surface area contributed by atoms with E-state index >= 15 is 0 Å². The molecule has 1 nitrogen and oxygen atoms in total. The molecule has 1 heteroatoms. The molecule has 0 aromatic carbocycles. The van der Waals surface area contributed by atoms with Crippen LogP contribution in [0.5, 0.6) is 0 Å². The van der Waals surface area contributed by atoms with E-state index < -0.39 is 0 Å². The zero-order chi connectivity index (χ0) is 7.75. The average Bonchev–Trinajstić information content (AvgIpc) is 2.47. The van der Waals surface area contributed by atoms with Crippen LogP contribution in [0.2, 0.25) is 0 Å². The van der Waals surface area contributed by atoms with Crippen molar-refractivity contribution >= 4 is 0 Å². The first kappa shape index (κ1) is 6.24. The Kier molecular flexibility index (Phi) is 0.885. The molecule has 0 aromatic rings. The van der Waals surface area contributed by atoms with Crippen molar-refractivity contribution in [2.24, 2.45) is 29.4 Å². The van der Waals surface area contributed by atoms with Gasteiger partial charge in [0.1, 0.15) is 0 Å². The van der Waals surface area contributed by atoms with Crippen molar-refractivity contribution in [2.75, 3.05) is 0 Å². The van der Waals surface area contributed by atoms with Gasteiger partial charge in [-0.25, -0.2) is 0 Å². The lowest BCUT2D eigenvalue weighted by atomic mass is 9.78. The van der Waals surface area contributed by atoms with Gasteiger partial charge in [-0.2, -0.15) is 0 Å². The molecule has 1 fully saturated rings. The first-order valence-corrected chi connectivity index (χ1v) is 4.70. The van der Waals surface area contributed by atoms with Crippen molar-refractivity contribution in [3.8, 4) is 0 Å². The molecule has 0 saturated heterocycles. The molecule has 0 spiro atoms. The molecule has 5 unspecified atom stereocenters. The molecule has 0 radical (unpaired) electrons. The first-order valence-electron chi connectivity index (χ1n) is 4.70. The number of fused-ring (bicyclic) bond motifs is 2. The van der Waals surface area contributed by atoms with Crippen LogP contribution in [-0.4, -0.2) is 6.04 Å². The molecular formula is C10H15N. The van der Waals surface area contributed by atoms with Crippen LogP contribution < -0.4 is 5.73 Å². The SMILES string of the molecule is CC1C2=C(CC2N)C2C(C)C12. The number of rotatable bonds is 0. The topological polar surface area (TPSA) is 26.0 Å². The molecule has 3 aliphatic carbocycles. The first-order chi connectivity index (χ1) is 5.22. The van der Waals surface area contributed by atoms with E-state index in [2.05, 4.69) is 13.8 Å². The summed E-state index contributed by atoms with van der Waals surface area (Å²) < 4.78 is 0. The Morgan fingerprint density at radius 3 is 2.64 bits per heavy atom.